The van der Waals surface area contributed by atoms with Crippen LogP contribution in [0.1, 0.15) is 41.6 Å². The number of aliphatic hydroxyl groups excluding tert-OH is 1. The summed E-state index contributed by atoms with van der Waals surface area (Å²) in [7, 11) is 0. The van der Waals surface area contributed by atoms with Crippen molar-refractivity contribution >= 4 is 17.7 Å². The van der Waals surface area contributed by atoms with Crippen LogP contribution in [0.2, 0.25) is 0 Å². The van der Waals surface area contributed by atoms with Gasteiger partial charge < -0.3 is 10.2 Å². The zero-order chi connectivity index (χ0) is 13.4. The Labute approximate surface area is 112 Å². The maximum Gasteiger partial charge on any atom is 0.335 e. The van der Waals surface area contributed by atoms with Crippen molar-refractivity contribution in [3.05, 3.63) is 29.3 Å². The average molecular weight is 268 g/mol. The third kappa shape index (κ3) is 5.10. The van der Waals surface area contributed by atoms with Crippen molar-refractivity contribution in [2.75, 3.05) is 12.4 Å². The molecule has 0 spiro atoms. The van der Waals surface area contributed by atoms with Crippen LogP contribution < -0.4 is 0 Å². The van der Waals surface area contributed by atoms with Gasteiger partial charge in [0.15, 0.2) is 0 Å². The van der Waals surface area contributed by atoms with E-state index < -0.39 is 5.97 Å². The topological polar surface area (TPSA) is 57.5 Å². The summed E-state index contributed by atoms with van der Waals surface area (Å²) in [5, 5.41) is 17.7. The maximum atomic E-state index is 11.0. The third-order valence-electron chi connectivity index (χ3n) is 2.76. The van der Waals surface area contributed by atoms with Crippen LogP contribution in [0.25, 0.3) is 0 Å². The molecule has 0 saturated carbocycles. The van der Waals surface area contributed by atoms with Crippen molar-refractivity contribution < 1.29 is 15.0 Å². The number of carboxylic acid groups (broad SMARTS) is 1. The van der Waals surface area contributed by atoms with Crippen molar-refractivity contribution in [1.82, 2.24) is 0 Å². The second-order valence-corrected chi connectivity index (χ2v) is 5.44. The van der Waals surface area contributed by atoms with E-state index in [9.17, 15) is 4.79 Å². The summed E-state index contributed by atoms with van der Waals surface area (Å²) in [6.45, 7) is 2.08. The molecule has 0 aromatic heterocycles. The highest BCUT2D eigenvalue weighted by molar-refractivity contribution is 7.99. The molecule has 100 valence electrons. The molecule has 0 fully saturated rings. The highest BCUT2D eigenvalue weighted by Gasteiger charge is 2.07. The van der Waals surface area contributed by atoms with Crippen LogP contribution in [-0.4, -0.2) is 28.5 Å². The van der Waals surface area contributed by atoms with Crippen molar-refractivity contribution in [3.8, 4) is 0 Å². The predicted octanol–water partition coefficient (Wildman–Crippen LogP) is 3.34. The largest absolute Gasteiger partial charge is 0.478 e. The van der Waals surface area contributed by atoms with Gasteiger partial charge in [0.25, 0.3) is 0 Å². The molecule has 0 aliphatic carbocycles. The molecule has 1 rings (SSSR count). The Bertz CT molecular complexity index is 391. The molecule has 0 unspecified atom stereocenters. The van der Waals surface area contributed by atoms with Crippen molar-refractivity contribution in [2.45, 2.75) is 37.5 Å². The van der Waals surface area contributed by atoms with Gasteiger partial charge in [-0.05, 0) is 43.2 Å². The normalized spacial score (nSPS) is 10.6. The number of aromatic carboxylic acids is 1. The lowest BCUT2D eigenvalue weighted by Gasteiger charge is -2.05. The van der Waals surface area contributed by atoms with E-state index in [-0.39, 0.29) is 6.61 Å². The fourth-order valence-electron chi connectivity index (χ4n) is 1.68. The number of hydrogen-bond acceptors (Lipinski definition) is 3. The van der Waals surface area contributed by atoms with E-state index in [0.29, 0.717) is 5.56 Å². The minimum Gasteiger partial charge on any atom is -0.478 e. The Balaban J connectivity index is 2.38. The van der Waals surface area contributed by atoms with Gasteiger partial charge in [-0.3, -0.25) is 0 Å². The number of aryl methyl sites for hydroxylation is 1. The molecule has 1 aromatic rings. The molecule has 0 heterocycles. The molecular weight excluding hydrogens is 248 g/mol. The number of benzene rings is 1. The van der Waals surface area contributed by atoms with Crippen LogP contribution in [0, 0.1) is 6.92 Å². The van der Waals surface area contributed by atoms with E-state index in [1.807, 2.05) is 19.1 Å². The van der Waals surface area contributed by atoms with Crippen LogP contribution in [0.3, 0.4) is 0 Å². The van der Waals surface area contributed by atoms with Crippen molar-refractivity contribution in [2.24, 2.45) is 0 Å². The number of carbonyl (C=O) groups is 1. The SMILES string of the molecule is Cc1ccc(SCCCCCCO)cc1C(=O)O. The number of thioether (sulfide) groups is 1. The van der Waals surface area contributed by atoms with Gasteiger partial charge in [0.1, 0.15) is 0 Å². The van der Waals surface area contributed by atoms with E-state index in [2.05, 4.69) is 0 Å². The summed E-state index contributed by atoms with van der Waals surface area (Å²) in [6, 6.07) is 5.58. The molecule has 0 saturated heterocycles. The lowest BCUT2D eigenvalue weighted by atomic mass is 10.1. The minimum absolute atomic E-state index is 0.271. The minimum atomic E-state index is -0.863. The second-order valence-electron chi connectivity index (χ2n) is 4.27. The molecule has 0 radical (unpaired) electrons. The standard InChI is InChI=1S/C14H20O3S/c1-11-6-7-12(10-13(11)14(16)17)18-9-5-3-2-4-8-15/h6-7,10,15H,2-5,8-9H2,1H3,(H,16,17). The molecule has 3 nitrogen and oxygen atoms in total. The first kappa shape index (κ1) is 15.1. The first-order valence-corrected chi connectivity index (χ1v) is 7.21. The van der Waals surface area contributed by atoms with Gasteiger partial charge in [0.05, 0.1) is 5.56 Å². The van der Waals surface area contributed by atoms with Gasteiger partial charge in [0, 0.05) is 11.5 Å². The summed E-state index contributed by atoms with van der Waals surface area (Å²) < 4.78 is 0. The van der Waals surface area contributed by atoms with Crippen molar-refractivity contribution in [1.29, 1.82) is 0 Å². The maximum absolute atomic E-state index is 11.0. The van der Waals surface area contributed by atoms with Gasteiger partial charge >= 0.3 is 5.97 Å². The first-order chi connectivity index (χ1) is 8.65. The fraction of sp³-hybridized carbons (Fsp3) is 0.500. The summed E-state index contributed by atoms with van der Waals surface area (Å²) in [5.74, 6) is 0.131. The van der Waals surface area contributed by atoms with Gasteiger partial charge in [0.2, 0.25) is 0 Å². The third-order valence-corrected chi connectivity index (χ3v) is 3.84. The highest BCUT2D eigenvalue weighted by atomic mass is 32.2. The summed E-state index contributed by atoms with van der Waals surface area (Å²) in [4.78, 5) is 12.0. The van der Waals surface area contributed by atoms with Gasteiger partial charge in [-0.15, -0.1) is 11.8 Å². The zero-order valence-electron chi connectivity index (χ0n) is 10.7. The monoisotopic (exact) mass is 268 g/mol. The molecule has 0 bridgehead atoms. The molecule has 2 N–H and O–H groups in total. The van der Waals surface area contributed by atoms with Crippen LogP contribution in [0.5, 0.6) is 0 Å². The second kappa shape index (κ2) is 8.16. The number of hydrogen-bond donors (Lipinski definition) is 2. The Morgan fingerprint density at radius 2 is 1.94 bits per heavy atom. The number of aliphatic hydroxyl groups is 1. The Hall–Kier alpha value is -1.00. The van der Waals surface area contributed by atoms with Gasteiger partial charge in [-0.1, -0.05) is 18.9 Å². The molecule has 0 aliphatic rings. The van der Waals surface area contributed by atoms with Gasteiger partial charge in [-0.25, -0.2) is 4.79 Å². The molecule has 18 heavy (non-hydrogen) atoms. The lowest BCUT2D eigenvalue weighted by molar-refractivity contribution is 0.0696. The van der Waals surface area contributed by atoms with E-state index in [1.54, 1.807) is 17.8 Å². The lowest BCUT2D eigenvalue weighted by Crippen LogP contribution is -1.99. The quantitative estimate of drug-likeness (QED) is 0.561. The Kier molecular flexibility index (Phi) is 6.83. The number of unbranched alkanes of at least 4 members (excludes halogenated alkanes) is 3. The molecule has 0 amide bonds. The predicted molar refractivity (Wildman–Crippen MR) is 74.4 cm³/mol. The number of carboxylic acids is 1. The Morgan fingerprint density at radius 3 is 2.61 bits per heavy atom. The summed E-state index contributed by atoms with van der Waals surface area (Å²) in [6.07, 6.45) is 4.15. The van der Waals surface area contributed by atoms with Crippen LogP contribution >= 0.6 is 11.8 Å². The summed E-state index contributed by atoms with van der Waals surface area (Å²) in [5.41, 5.74) is 1.19. The van der Waals surface area contributed by atoms with Crippen LogP contribution in [0.15, 0.2) is 23.1 Å². The van der Waals surface area contributed by atoms with Crippen LogP contribution in [0.4, 0.5) is 0 Å². The number of rotatable bonds is 8. The summed E-state index contributed by atoms with van der Waals surface area (Å²) >= 11 is 1.69. The van der Waals surface area contributed by atoms with Crippen LogP contribution in [-0.2, 0) is 0 Å². The molecular formula is C14H20O3S. The first-order valence-electron chi connectivity index (χ1n) is 6.22. The molecule has 1 aromatic carbocycles. The smallest absolute Gasteiger partial charge is 0.335 e. The van der Waals surface area contributed by atoms with E-state index in [0.717, 1.165) is 41.9 Å². The van der Waals surface area contributed by atoms with E-state index in [4.69, 9.17) is 10.2 Å². The highest BCUT2D eigenvalue weighted by Crippen LogP contribution is 2.23. The molecule has 0 aliphatic heterocycles. The van der Waals surface area contributed by atoms with Gasteiger partial charge in [-0.2, -0.15) is 0 Å². The fourth-order valence-corrected chi connectivity index (χ4v) is 2.63. The Morgan fingerprint density at radius 1 is 1.22 bits per heavy atom. The van der Waals surface area contributed by atoms with E-state index >= 15 is 0 Å². The average Bonchev–Trinajstić information content (AvgIpc) is 2.35. The van der Waals surface area contributed by atoms with E-state index in [1.165, 1.54) is 0 Å². The molecule has 0 atom stereocenters. The zero-order valence-corrected chi connectivity index (χ0v) is 11.5. The van der Waals surface area contributed by atoms with Crippen molar-refractivity contribution in [3.63, 3.8) is 0 Å². The molecule has 4 heteroatoms.